The maximum absolute atomic E-state index is 12.0. The zero-order chi connectivity index (χ0) is 32.5. The Kier molecular flexibility index (Phi) is 27.7. The summed E-state index contributed by atoms with van der Waals surface area (Å²) in [5.41, 5.74) is 14.3. The molecule has 0 aromatic heterocycles. The molecule has 0 saturated heterocycles. The van der Waals surface area contributed by atoms with Crippen LogP contribution >= 0.6 is 0 Å². The van der Waals surface area contributed by atoms with Crippen LogP contribution < -0.4 is 15.8 Å². The number of carbonyl (C=O) groups is 2. The molecule has 1 aromatic carbocycles. The summed E-state index contributed by atoms with van der Waals surface area (Å²) in [6.07, 6.45) is 0.367. The molecule has 16 nitrogen and oxygen atoms in total. The summed E-state index contributed by atoms with van der Waals surface area (Å²) < 4.78 is 48.1. The Hall–Kier alpha value is -2.89. The van der Waals surface area contributed by atoms with E-state index in [0.29, 0.717) is 124 Å². The normalized spacial score (nSPS) is 10.9. The van der Waals surface area contributed by atoms with Crippen LogP contribution in [0.3, 0.4) is 0 Å². The van der Waals surface area contributed by atoms with Gasteiger partial charge in [0.15, 0.2) is 0 Å². The van der Waals surface area contributed by atoms with E-state index in [1.54, 1.807) is 24.3 Å². The first-order valence-electron chi connectivity index (χ1n) is 15.0. The maximum Gasteiger partial charge on any atom is 0.313 e. The lowest BCUT2D eigenvalue weighted by Gasteiger charge is -2.09. The van der Waals surface area contributed by atoms with Gasteiger partial charge in [0.25, 0.3) is 0 Å². The second-order valence-electron chi connectivity index (χ2n) is 9.04. The van der Waals surface area contributed by atoms with Crippen molar-refractivity contribution in [2.24, 2.45) is 10.8 Å². The fourth-order valence-electron chi connectivity index (χ4n) is 3.22. The van der Waals surface area contributed by atoms with Crippen molar-refractivity contribution in [3.63, 3.8) is 0 Å². The van der Waals surface area contributed by atoms with Crippen LogP contribution in [0.4, 0.5) is 0 Å². The predicted octanol–water partition coefficient (Wildman–Crippen LogP) is 1.39. The Morgan fingerprint density at radius 2 is 1.09 bits per heavy atom. The van der Waals surface area contributed by atoms with Gasteiger partial charge in [-0.2, -0.15) is 0 Å². The topological polar surface area (TPSA) is 204 Å². The number of ether oxygens (including phenoxy) is 9. The first kappa shape index (κ1) is 40.1. The minimum Gasteiger partial charge on any atom is -0.426 e. The molecule has 0 aliphatic rings. The van der Waals surface area contributed by atoms with Crippen molar-refractivity contribution in [1.29, 1.82) is 0 Å². The number of nitrogens with one attached hydrogen (secondary N) is 1. The molecule has 0 spiro atoms. The van der Waals surface area contributed by atoms with Crippen LogP contribution in [0.2, 0.25) is 0 Å². The predicted molar refractivity (Wildman–Crippen MR) is 163 cm³/mol. The van der Waals surface area contributed by atoms with Crippen LogP contribution in [0.15, 0.2) is 29.4 Å². The van der Waals surface area contributed by atoms with Crippen LogP contribution in [0, 0.1) is 0 Å². The molecule has 0 aliphatic carbocycles. The van der Waals surface area contributed by atoms with E-state index in [2.05, 4.69) is 15.3 Å². The van der Waals surface area contributed by atoms with Gasteiger partial charge in [0.05, 0.1) is 112 Å². The van der Waals surface area contributed by atoms with Gasteiger partial charge in [-0.1, -0.05) is 17.2 Å². The molecule has 0 saturated carbocycles. The summed E-state index contributed by atoms with van der Waals surface area (Å²) in [4.78, 5) is 26.6. The largest absolute Gasteiger partial charge is 0.426 e. The van der Waals surface area contributed by atoms with E-state index in [1.165, 1.54) is 0 Å². The summed E-state index contributed by atoms with van der Waals surface area (Å²) in [5, 5.41) is 6.19. The number of esters is 1. The third kappa shape index (κ3) is 27.2. The molecule has 0 atom stereocenters. The van der Waals surface area contributed by atoms with Gasteiger partial charge in [0, 0.05) is 31.0 Å². The maximum atomic E-state index is 12.0. The van der Waals surface area contributed by atoms with Gasteiger partial charge < -0.3 is 53.7 Å². The van der Waals surface area contributed by atoms with Crippen LogP contribution in [-0.4, -0.2) is 131 Å². The van der Waals surface area contributed by atoms with Gasteiger partial charge in [-0.05, 0) is 23.2 Å². The molecule has 0 aliphatic heterocycles. The Morgan fingerprint density at radius 3 is 1.58 bits per heavy atom. The molecule has 0 radical (unpaired) electrons. The lowest BCUT2D eigenvalue weighted by atomic mass is 10.2. The quantitative estimate of drug-likeness (QED) is 0.0285. The molecule has 45 heavy (non-hydrogen) atoms. The molecule has 0 unspecified atom stereocenters. The van der Waals surface area contributed by atoms with Crippen molar-refractivity contribution in [2.45, 2.75) is 19.4 Å². The second-order valence-corrected chi connectivity index (χ2v) is 9.04. The average molecular weight is 644 g/mol. The molecule has 256 valence electrons. The fourth-order valence-corrected chi connectivity index (χ4v) is 3.22. The molecule has 1 amide bonds. The number of benzene rings is 1. The van der Waals surface area contributed by atoms with E-state index < -0.39 is 5.97 Å². The molecule has 16 heteroatoms. The van der Waals surface area contributed by atoms with E-state index in [9.17, 15) is 9.59 Å². The lowest BCUT2D eigenvalue weighted by Crippen LogP contribution is -2.24. The van der Waals surface area contributed by atoms with Gasteiger partial charge in [-0.25, -0.2) is 0 Å². The van der Waals surface area contributed by atoms with Crippen LogP contribution in [-0.2, 0) is 54.0 Å². The first-order chi connectivity index (χ1) is 22.2. The fraction of sp³-hybridized carbons (Fsp3) is 0.724. The molecular weight excluding hydrogens is 594 g/mol. The van der Waals surface area contributed by atoms with Crippen molar-refractivity contribution in [2.75, 3.05) is 119 Å². The molecule has 3 N–H and O–H groups in total. The van der Waals surface area contributed by atoms with Gasteiger partial charge in [0.2, 0.25) is 5.91 Å². The molecule has 0 fully saturated rings. The van der Waals surface area contributed by atoms with Crippen LogP contribution in [0.5, 0.6) is 5.75 Å². The molecule has 1 aromatic rings. The Labute approximate surface area is 264 Å². The third-order valence-corrected chi connectivity index (χ3v) is 5.46. The van der Waals surface area contributed by atoms with Gasteiger partial charge in [0.1, 0.15) is 5.75 Å². The van der Waals surface area contributed by atoms with Crippen LogP contribution in [0.1, 0.15) is 18.4 Å². The highest BCUT2D eigenvalue weighted by molar-refractivity contribution is 5.76. The van der Waals surface area contributed by atoms with E-state index >= 15 is 0 Å². The third-order valence-electron chi connectivity index (χ3n) is 5.46. The Morgan fingerprint density at radius 1 is 0.644 bits per heavy atom. The van der Waals surface area contributed by atoms with Crippen molar-refractivity contribution in [3.05, 3.63) is 40.3 Å². The number of hydrogen-bond acceptors (Lipinski definition) is 13. The minimum atomic E-state index is -0.402. The highest BCUT2D eigenvalue weighted by Crippen LogP contribution is 2.13. The first-order valence-corrected chi connectivity index (χ1v) is 15.0. The van der Waals surface area contributed by atoms with Gasteiger partial charge in [-0.15, -0.1) is 0 Å². The van der Waals surface area contributed by atoms with Gasteiger partial charge >= 0.3 is 5.97 Å². The van der Waals surface area contributed by atoms with Crippen molar-refractivity contribution in [3.8, 4) is 5.75 Å². The summed E-state index contributed by atoms with van der Waals surface area (Å²) >= 11 is 0. The molecule has 0 bridgehead atoms. The van der Waals surface area contributed by atoms with Crippen molar-refractivity contribution >= 4 is 11.9 Å². The Balaban J connectivity index is 1.88. The monoisotopic (exact) mass is 643 g/mol. The van der Waals surface area contributed by atoms with E-state index in [-0.39, 0.29) is 25.4 Å². The Bertz CT molecular complexity index is 905. The van der Waals surface area contributed by atoms with Crippen molar-refractivity contribution in [1.82, 2.24) is 5.32 Å². The summed E-state index contributed by atoms with van der Waals surface area (Å²) in [5.74, 6) is -0.0995. The molecule has 1 rings (SSSR count). The van der Waals surface area contributed by atoms with Crippen molar-refractivity contribution < 1.29 is 52.2 Å². The smallest absolute Gasteiger partial charge is 0.313 e. The average Bonchev–Trinajstić information content (AvgIpc) is 3.04. The lowest BCUT2D eigenvalue weighted by molar-refractivity contribution is -0.135. The number of rotatable bonds is 32. The number of nitrogens with zero attached hydrogens (tertiary/aromatic N) is 3. The zero-order valence-corrected chi connectivity index (χ0v) is 26.1. The number of amides is 1. The number of hydrogen-bond donors (Lipinski definition) is 2. The summed E-state index contributed by atoms with van der Waals surface area (Å²) in [6, 6.07) is 6.93. The number of nitrogens with two attached hydrogens (primary N) is 1. The minimum absolute atomic E-state index is 0.111. The van der Waals surface area contributed by atoms with Crippen LogP contribution in [0.25, 0.3) is 10.4 Å². The SMILES string of the molecule is [N-]=[N+]=NCCOCCOCCOCCOCCOCCOCCC(=O)Oc1ccc(CNC(=O)CCOCCOCCN)cc1. The molecular formula is C29H49N5O11. The highest BCUT2D eigenvalue weighted by atomic mass is 16.6. The zero-order valence-electron chi connectivity index (χ0n) is 26.1. The number of azide groups is 1. The van der Waals surface area contributed by atoms with E-state index in [0.717, 1.165) is 5.56 Å². The summed E-state index contributed by atoms with van der Waals surface area (Å²) in [7, 11) is 0. The highest BCUT2D eigenvalue weighted by Gasteiger charge is 2.06. The standard InChI is InChI=1S/C29H49N5O11/c30-7-11-39-15-13-37-9-5-28(35)32-25-26-1-3-27(4-2-26)45-29(36)6-10-38-14-17-41-19-21-43-23-24-44-22-20-42-18-16-40-12-8-33-34-31/h1-4H,5-25,30H2,(H,32,35). The summed E-state index contributed by atoms with van der Waals surface area (Å²) in [6.45, 7) is 7.74. The molecule has 0 heterocycles. The second kappa shape index (κ2) is 31.1. The van der Waals surface area contributed by atoms with E-state index in [4.69, 9.17) is 53.9 Å². The number of carbonyl (C=O) groups excluding carboxylic acids is 2. The van der Waals surface area contributed by atoms with E-state index in [1.807, 2.05) is 0 Å². The van der Waals surface area contributed by atoms with Gasteiger partial charge in [-0.3, -0.25) is 9.59 Å².